The highest BCUT2D eigenvalue weighted by molar-refractivity contribution is 5.29. The zero-order valence-electron chi connectivity index (χ0n) is 13.9. The van der Waals surface area contributed by atoms with E-state index in [1.54, 1.807) is 6.26 Å². The van der Waals surface area contributed by atoms with Crippen molar-refractivity contribution in [3.63, 3.8) is 0 Å². The quantitative estimate of drug-likeness (QED) is 0.861. The van der Waals surface area contributed by atoms with Crippen molar-refractivity contribution in [1.29, 1.82) is 0 Å². The van der Waals surface area contributed by atoms with Crippen LogP contribution in [0.5, 0.6) is 0 Å². The lowest BCUT2D eigenvalue weighted by molar-refractivity contribution is 0.0106. The maximum absolute atomic E-state index is 5.98. The van der Waals surface area contributed by atoms with Crippen LogP contribution in [0.1, 0.15) is 18.4 Å². The van der Waals surface area contributed by atoms with E-state index in [1.807, 2.05) is 24.7 Å². The number of hydrogen-bond donors (Lipinski definition) is 0. The van der Waals surface area contributed by atoms with Crippen molar-refractivity contribution in [2.75, 3.05) is 44.3 Å². The van der Waals surface area contributed by atoms with Gasteiger partial charge in [-0.2, -0.15) is 0 Å². The van der Waals surface area contributed by atoms with Crippen molar-refractivity contribution < 1.29 is 9.15 Å². The van der Waals surface area contributed by atoms with Crippen LogP contribution in [0.25, 0.3) is 0 Å². The third kappa shape index (κ3) is 3.44. The molecule has 4 heterocycles. The Balaban J connectivity index is 1.49. The molecule has 2 fully saturated rings. The van der Waals surface area contributed by atoms with Gasteiger partial charge in [-0.3, -0.25) is 4.90 Å². The van der Waals surface area contributed by atoms with Gasteiger partial charge in [0.25, 0.3) is 0 Å². The molecule has 2 saturated heterocycles. The Hall–Kier alpha value is -1.92. The highest BCUT2D eigenvalue weighted by Crippen LogP contribution is 2.34. The normalized spacial score (nSPS) is 25.8. The van der Waals surface area contributed by atoms with Gasteiger partial charge < -0.3 is 14.1 Å². The number of likely N-dealkylation sites (tertiary alicyclic amines) is 1. The Bertz CT molecular complexity index is 634. The SMILES string of the molecule is c1cnc(N2CCOC[C@]3(CCCN(Cc4ccoc4)C3)C2)nc1. The van der Waals surface area contributed by atoms with Crippen molar-refractivity contribution in [1.82, 2.24) is 14.9 Å². The lowest BCUT2D eigenvalue weighted by atomic mass is 9.80. The molecule has 2 aliphatic heterocycles. The molecule has 128 valence electrons. The standard InChI is InChI=1S/C18H24N4O2/c1-4-18(13-21(7-1)11-16-3-9-23-12-16)14-22(8-10-24-15-18)17-19-5-2-6-20-17/h2-3,5-6,9,12H,1,4,7-8,10-11,13-15H2/t18-/m0/s1. The number of piperidine rings is 1. The van der Waals surface area contributed by atoms with Crippen LogP contribution >= 0.6 is 0 Å². The highest BCUT2D eigenvalue weighted by Gasteiger charge is 2.39. The molecule has 0 aliphatic carbocycles. The molecule has 0 radical (unpaired) electrons. The van der Waals surface area contributed by atoms with Crippen LogP contribution in [0.2, 0.25) is 0 Å². The maximum atomic E-state index is 5.98. The van der Waals surface area contributed by atoms with E-state index in [-0.39, 0.29) is 5.41 Å². The van der Waals surface area contributed by atoms with Crippen LogP contribution in [-0.2, 0) is 11.3 Å². The van der Waals surface area contributed by atoms with E-state index in [0.717, 1.165) is 51.9 Å². The molecule has 2 aromatic rings. The second-order valence-corrected chi connectivity index (χ2v) is 6.97. The monoisotopic (exact) mass is 328 g/mol. The highest BCUT2D eigenvalue weighted by atomic mass is 16.5. The molecule has 4 rings (SSSR count). The van der Waals surface area contributed by atoms with Gasteiger partial charge in [0.1, 0.15) is 0 Å². The lowest BCUT2D eigenvalue weighted by Gasteiger charge is -2.43. The summed E-state index contributed by atoms with van der Waals surface area (Å²) in [6, 6.07) is 3.91. The Morgan fingerprint density at radius 3 is 2.92 bits per heavy atom. The van der Waals surface area contributed by atoms with Gasteiger partial charge in [-0.15, -0.1) is 0 Å². The average molecular weight is 328 g/mol. The summed E-state index contributed by atoms with van der Waals surface area (Å²) in [5, 5.41) is 0. The van der Waals surface area contributed by atoms with Gasteiger partial charge in [0.05, 0.1) is 25.7 Å². The first-order valence-corrected chi connectivity index (χ1v) is 8.66. The summed E-state index contributed by atoms with van der Waals surface area (Å²) in [4.78, 5) is 13.7. The fourth-order valence-electron chi connectivity index (χ4n) is 3.95. The maximum Gasteiger partial charge on any atom is 0.225 e. The summed E-state index contributed by atoms with van der Waals surface area (Å²) in [5.41, 5.74) is 1.39. The lowest BCUT2D eigenvalue weighted by Crippen LogP contribution is -2.50. The Morgan fingerprint density at radius 1 is 1.17 bits per heavy atom. The first kappa shape index (κ1) is 15.6. The number of furan rings is 1. The number of anilines is 1. The summed E-state index contributed by atoms with van der Waals surface area (Å²) in [6.45, 7) is 6.49. The number of aromatic nitrogens is 2. The zero-order chi connectivity index (χ0) is 16.2. The zero-order valence-corrected chi connectivity index (χ0v) is 13.9. The van der Waals surface area contributed by atoms with Crippen LogP contribution < -0.4 is 4.90 Å². The Morgan fingerprint density at radius 2 is 2.08 bits per heavy atom. The fourth-order valence-corrected chi connectivity index (χ4v) is 3.95. The van der Waals surface area contributed by atoms with Gasteiger partial charge >= 0.3 is 0 Å². The van der Waals surface area contributed by atoms with E-state index < -0.39 is 0 Å². The minimum Gasteiger partial charge on any atom is -0.472 e. The van der Waals surface area contributed by atoms with Crippen LogP contribution in [0.3, 0.4) is 0 Å². The van der Waals surface area contributed by atoms with E-state index in [9.17, 15) is 0 Å². The molecule has 24 heavy (non-hydrogen) atoms. The van der Waals surface area contributed by atoms with E-state index in [4.69, 9.17) is 9.15 Å². The van der Waals surface area contributed by atoms with Crippen molar-refractivity contribution >= 4 is 5.95 Å². The summed E-state index contributed by atoms with van der Waals surface area (Å²) < 4.78 is 11.2. The van der Waals surface area contributed by atoms with E-state index >= 15 is 0 Å². The predicted molar refractivity (Wildman–Crippen MR) is 90.7 cm³/mol. The molecular formula is C18H24N4O2. The molecule has 6 heteroatoms. The summed E-state index contributed by atoms with van der Waals surface area (Å²) in [5.74, 6) is 0.814. The van der Waals surface area contributed by atoms with Gasteiger partial charge in [0.2, 0.25) is 5.95 Å². The molecule has 0 bridgehead atoms. The Kier molecular flexibility index (Phi) is 4.49. The minimum atomic E-state index is 0.150. The molecule has 2 aliphatic rings. The van der Waals surface area contributed by atoms with Crippen LogP contribution in [-0.4, -0.2) is 54.3 Å². The molecule has 2 aromatic heterocycles. The first-order valence-electron chi connectivity index (χ1n) is 8.66. The largest absolute Gasteiger partial charge is 0.472 e. The average Bonchev–Trinajstić information content (AvgIpc) is 3.03. The summed E-state index contributed by atoms with van der Waals surface area (Å²) >= 11 is 0. The smallest absolute Gasteiger partial charge is 0.225 e. The van der Waals surface area contributed by atoms with Gasteiger partial charge in [-0.05, 0) is 31.5 Å². The molecule has 0 N–H and O–H groups in total. The van der Waals surface area contributed by atoms with Gasteiger partial charge in [0.15, 0.2) is 0 Å². The van der Waals surface area contributed by atoms with Crippen LogP contribution in [0, 0.1) is 5.41 Å². The molecular weight excluding hydrogens is 304 g/mol. The second-order valence-electron chi connectivity index (χ2n) is 6.97. The van der Waals surface area contributed by atoms with Gasteiger partial charge in [0, 0.05) is 49.6 Å². The molecule has 6 nitrogen and oxygen atoms in total. The molecule has 1 atom stereocenters. The van der Waals surface area contributed by atoms with Crippen molar-refractivity contribution in [3.05, 3.63) is 42.6 Å². The first-order chi connectivity index (χ1) is 11.8. The number of rotatable bonds is 3. The number of ether oxygens (including phenoxy) is 1. The predicted octanol–water partition coefficient (Wildman–Crippen LogP) is 2.19. The molecule has 1 spiro atoms. The van der Waals surface area contributed by atoms with Crippen molar-refractivity contribution in [2.24, 2.45) is 5.41 Å². The van der Waals surface area contributed by atoms with E-state index in [2.05, 4.69) is 25.8 Å². The van der Waals surface area contributed by atoms with Gasteiger partial charge in [-0.1, -0.05) is 0 Å². The molecule has 0 saturated carbocycles. The third-order valence-corrected chi connectivity index (χ3v) is 5.00. The Labute approximate surface area is 142 Å². The minimum absolute atomic E-state index is 0.150. The molecule has 0 aromatic carbocycles. The molecule has 0 amide bonds. The third-order valence-electron chi connectivity index (χ3n) is 5.00. The van der Waals surface area contributed by atoms with E-state index in [1.165, 1.54) is 18.4 Å². The summed E-state index contributed by atoms with van der Waals surface area (Å²) in [7, 11) is 0. The number of hydrogen-bond acceptors (Lipinski definition) is 6. The van der Waals surface area contributed by atoms with Gasteiger partial charge in [-0.25, -0.2) is 9.97 Å². The van der Waals surface area contributed by atoms with E-state index in [0.29, 0.717) is 0 Å². The van der Waals surface area contributed by atoms with Crippen molar-refractivity contribution in [3.8, 4) is 0 Å². The van der Waals surface area contributed by atoms with Crippen LogP contribution in [0.4, 0.5) is 5.95 Å². The fraction of sp³-hybridized carbons (Fsp3) is 0.556. The van der Waals surface area contributed by atoms with Crippen molar-refractivity contribution in [2.45, 2.75) is 19.4 Å². The number of nitrogens with zero attached hydrogens (tertiary/aromatic N) is 4. The van der Waals surface area contributed by atoms with Crippen LogP contribution in [0.15, 0.2) is 41.5 Å². The second kappa shape index (κ2) is 6.91. The summed E-state index contributed by atoms with van der Waals surface area (Å²) in [6.07, 6.45) is 9.61. The molecule has 0 unspecified atom stereocenters. The topological polar surface area (TPSA) is 54.6 Å².